The third kappa shape index (κ3) is 2.76. The van der Waals surface area contributed by atoms with Gasteiger partial charge < -0.3 is 0 Å². The molecule has 5 heteroatoms. The van der Waals surface area contributed by atoms with Crippen molar-refractivity contribution in [2.75, 3.05) is 11.4 Å². The van der Waals surface area contributed by atoms with Crippen molar-refractivity contribution in [3.8, 4) is 0 Å². The normalized spacial score (nSPS) is 11.5. The van der Waals surface area contributed by atoms with Crippen molar-refractivity contribution in [1.82, 2.24) is 0 Å². The molecule has 0 bridgehead atoms. The number of anilines is 1. The molecule has 0 aliphatic carbocycles. The maximum absolute atomic E-state index is 12.5. The Morgan fingerprint density at radius 1 is 1.36 bits per heavy atom. The van der Waals surface area contributed by atoms with Crippen molar-refractivity contribution in [1.29, 1.82) is 0 Å². The molecule has 1 nitrogen and oxygen atoms in total. The number of nitrogens with zero attached hydrogens (tertiary/aromatic N) is 1. The van der Waals surface area contributed by atoms with Crippen LogP contribution in [0.4, 0.5) is 18.9 Å². The highest BCUT2D eigenvalue weighted by Crippen LogP contribution is 2.28. The van der Waals surface area contributed by atoms with E-state index in [1.165, 1.54) is 19.1 Å². The summed E-state index contributed by atoms with van der Waals surface area (Å²) in [6.07, 6.45) is -4.31. The highest BCUT2D eigenvalue weighted by Gasteiger charge is 2.36. The molecule has 78 valence electrons. The second-order valence-corrected chi connectivity index (χ2v) is 3.94. The Morgan fingerprint density at radius 2 is 2.00 bits per heavy atom. The number of rotatable bonds is 2. The van der Waals surface area contributed by atoms with Crippen LogP contribution in [-0.4, -0.2) is 12.8 Å². The molecule has 0 amide bonds. The Labute approximate surface area is 94.0 Å². The van der Waals surface area contributed by atoms with E-state index >= 15 is 0 Å². The van der Waals surface area contributed by atoms with Crippen LogP contribution in [0.1, 0.15) is 6.92 Å². The van der Waals surface area contributed by atoms with Gasteiger partial charge in [0.25, 0.3) is 0 Å². The van der Waals surface area contributed by atoms with Crippen LogP contribution in [0, 0.1) is 3.57 Å². The van der Waals surface area contributed by atoms with Gasteiger partial charge in [0, 0.05) is 15.8 Å². The molecule has 1 aromatic carbocycles. The van der Waals surface area contributed by atoms with Gasteiger partial charge in [0.1, 0.15) is 0 Å². The van der Waals surface area contributed by atoms with Crippen LogP contribution < -0.4 is 4.90 Å². The summed E-state index contributed by atoms with van der Waals surface area (Å²) in [6.45, 7) is 1.40. The quantitative estimate of drug-likeness (QED) is 0.595. The van der Waals surface area contributed by atoms with Crippen molar-refractivity contribution >= 4 is 28.3 Å². The lowest BCUT2D eigenvalue weighted by Gasteiger charge is -2.25. The summed E-state index contributed by atoms with van der Waals surface area (Å²) >= 11 is 1.99. The van der Waals surface area contributed by atoms with Gasteiger partial charge in [0.15, 0.2) is 0 Å². The average molecular weight is 315 g/mol. The third-order valence-electron chi connectivity index (χ3n) is 1.74. The zero-order valence-electron chi connectivity index (χ0n) is 7.48. The topological polar surface area (TPSA) is 3.24 Å². The van der Waals surface area contributed by atoms with E-state index in [1.54, 1.807) is 12.1 Å². The molecule has 0 heterocycles. The monoisotopic (exact) mass is 315 g/mol. The van der Waals surface area contributed by atoms with Crippen LogP contribution in [0.3, 0.4) is 0 Å². The van der Waals surface area contributed by atoms with Gasteiger partial charge in [0.2, 0.25) is 0 Å². The van der Waals surface area contributed by atoms with Crippen molar-refractivity contribution in [2.24, 2.45) is 0 Å². The summed E-state index contributed by atoms with van der Waals surface area (Å²) in [6, 6.07) is 6.34. The molecule has 0 radical (unpaired) electrons. The fourth-order valence-electron chi connectivity index (χ4n) is 1.15. The highest BCUT2D eigenvalue weighted by atomic mass is 127. The summed E-state index contributed by atoms with van der Waals surface area (Å²) in [5, 5.41) is 0. The summed E-state index contributed by atoms with van der Waals surface area (Å²) < 4.78 is 38.2. The number of hydrogen-bond donors (Lipinski definition) is 0. The number of benzene rings is 1. The number of hydrogen-bond acceptors (Lipinski definition) is 1. The predicted molar refractivity (Wildman–Crippen MR) is 58.2 cm³/mol. The van der Waals surface area contributed by atoms with Gasteiger partial charge in [0.05, 0.1) is 0 Å². The first kappa shape index (κ1) is 11.6. The fraction of sp³-hybridized carbons (Fsp3) is 0.333. The molecule has 0 unspecified atom stereocenters. The van der Waals surface area contributed by atoms with Crippen molar-refractivity contribution in [3.63, 3.8) is 0 Å². The van der Waals surface area contributed by atoms with Gasteiger partial charge in [-0.3, -0.25) is 4.90 Å². The van der Waals surface area contributed by atoms with E-state index in [-0.39, 0.29) is 12.2 Å². The molecule has 0 aliphatic rings. The average Bonchev–Trinajstić information content (AvgIpc) is 2.02. The van der Waals surface area contributed by atoms with Crippen molar-refractivity contribution in [3.05, 3.63) is 27.8 Å². The molecular weight excluding hydrogens is 306 g/mol. The summed E-state index contributed by atoms with van der Waals surface area (Å²) in [7, 11) is 0. The predicted octanol–water partition coefficient (Wildman–Crippen LogP) is 3.64. The van der Waals surface area contributed by atoms with Crippen molar-refractivity contribution in [2.45, 2.75) is 13.2 Å². The maximum Gasteiger partial charge on any atom is 0.484 e. The number of halogens is 4. The smallest absolute Gasteiger partial charge is 0.284 e. The van der Waals surface area contributed by atoms with Gasteiger partial charge >= 0.3 is 6.30 Å². The lowest BCUT2D eigenvalue weighted by molar-refractivity contribution is -0.128. The molecule has 0 N–H and O–H groups in total. The van der Waals surface area contributed by atoms with Crippen LogP contribution in [0.25, 0.3) is 0 Å². The molecule has 0 saturated carbocycles. The molecule has 1 aromatic rings. The van der Waals surface area contributed by atoms with E-state index in [2.05, 4.69) is 0 Å². The minimum absolute atomic E-state index is 0.0798. The standard InChI is InChI=1S/C9H9F3IN/c1-2-14(9(10,11)12)8-5-3-4-7(13)6-8/h3-6H,2H2,1H3. The van der Waals surface area contributed by atoms with E-state index in [0.29, 0.717) is 4.90 Å². The number of alkyl halides is 3. The first-order valence-electron chi connectivity index (χ1n) is 4.05. The Hall–Kier alpha value is -0.460. The molecule has 0 aliphatic heterocycles. The molecule has 0 saturated heterocycles. The van der Waals surface area contributed by atoms with Crippen LogP contribution in [0.5, 0.6) is 0 Å². The van der Waals surface area contributed by atoms with Crippen LogP contribution >= 0.6 is 22.6 Å². The largest absolute Gasteiger partial charge is 0.484 e. The molecule has 14 heavy (non-hydrogen) atoms. The minimum atomic E-state index is -4.31. The van der Waals surface area contributed by atoms with E-state index < -0.39 is 6.30 Å². The van der Waals surface area contributed by atoms with Gasteiger partial charge in [-0.15, -0.1) is 0 Å². The lowest BCUT2D eigenvalue weighted by Crippen LogP contribution is -2.37. The van der Waals surface area contributed by atoms with Crippen molar-refractivity contribution < 1.29 is 13.2 Å². The molecule has 0 fully saturated rings. The Morgan fingerprint density at radius 3 is 2.43 bits per heavy atom. The first-order chi connectivity index (χ1) is 6.45. The minimum Gasteiger partial charge on any atom is -0.284 e. The van der Waals surface area contributed by atoms with Gasteiger partial charge in [-0.25, -0.2) is 0 Å². The van der Waals surface area contributed by atoms with Gasteiger partial charge in [-0.05, 0) is 47.7 Å². The summed E-state index contributed by atoms with van der Waals surface area (Å²) in [4.78, 5) is 0.412. The Bertz CT molecular complexity index is 311. The zero-order valence-corrected chi connectivity index (χ0v) is 9.63. The molecule has 1 rings (SSSR count). The summed E-state index contributed by atoms with van der Waals surface area (Å²) in [5.74, 6) is 0. The van der Waals surface area contributed by atoms with E-state index in [1.807, 2.05) is 22.6 Å². The lowest BCUT2D eigenvalue weighted by atomic mass is 10.3. The second kappa shape index (κ2) is 4.37. The van der Waals surface area contributed by atoms with E-state index in [9.17, 15) is 13.2 Å². The second-order valence-electron chi connectivity index (χ2n) is 2.69. The van der Waals surface area contributed by atoms with Gasteiger partial charge in [-0.1, -0.05) is 6.07 Å². The Balaban J connectivity index is 3.01. The van der Waals surface area contributed by atoms with Crippen LogP contribution in [0.2, 0.25) is 0 Å². The SMILES string of the molecule is CCN(c1cccc(I)c1)C(F)(F)F. The summed E-state index contributed by atoms with van der Waals surface area (Å²) in [5.41, 5.74) is 0.187. The van der Waals surface area contributed by atoms with E-state index in [0.717, 1.165) is 3.57 Å². The van der Waals surface area contributed by atoms with E-state index in [4.69, 9.17) is 0 Å². The molecule has 0 spiro atoms. The highest BCUT2D eigenvalue weighted by molar-refractivity contribution is 14.1. The van der Waals surface area contributed by atoms with Gasteiger partial charge in [-0.2, -0.15) is 13.2 Å². The molecule has 0 atom stereocenters. The van der Waals surface area contributed by atoms with Crippen LogP contribution in [-0.2, 0) is 0 Å². The third-order valence-corrected chi connectivity index (χ3v) is 2.41. The first-order valence-corrected chi connectivity index (χ1v) is 5.13. The molecular formula is C9H9F3IN. The fourth-order valence-corrected chi connectivity index (χ4v) is 1.68. The maximum atomic E-state index is 12.5. The van der Waals surface area contributed by atoms with Crippen LogP contribution in [0.15, 0.2) is 24.3 Å². The molecule has 0 aromatic heterocycles. The zero-order chi connectivity index (χ0) is 10.8. The Kier molecular flexibility index (Phi) is 3.63.